The van der Waals surface area contributed by atoms with Crippen molar-refractivity contribution < 1.29 is 9.53 Å². The van der Waals surface area contributed by atoms with Crippen molar-refractivity contribution in [2.24, 2.45) is 0 Å². The summed E-state index contributed by atoms with van der Waals surface area (Å²) in [6, 6.07) is 17.9. The van der Waals surface area contributed by atoms with Crippen LogP contribution in [-0.2, 0) is 16.0 Å². The quantitative estimate of drug-likeness (QED) is 0.789. The molecule has 108 valence electrons. The summed E-state index contributed by atoms with van der Waals surface area (Å²) in [5.41, 5.74) is 3.75. The predicted octanol–water partition coefficient (Wildman–Crippen LogP) is 3.86. The van der Waals surface area contributed by atoms with Crippen LogP contribution in [0.25, 0.3) is 0 Å². The smallest absolute Gasteiger partial charge is 0.354 e. The Kier molecular flexibility index (Phi) is 4.66. The Balaban J connectivity index is 0.00000161. The first-order valence-corrected chi connectivity index (χ1v) is 6.53. The van der Waals surface area contributed by atoms with Gasteiger partial charge in [0.1, 0.15) is 5.70 Å². The zero-order valence-electron chi connectivity index (χ0n) is 11.7. The maximum atomic E-state index is 12.0. The highest BCUT2D eigenvalue weighted by atomic mass is 35.5. The van der Waals surface area contributed by atoms with Gasteiger partial charge in [0.05, 0.1) is 7.11 Å². The number of para-hydroxylation sites is 2. The molecule has 0 N–H and O–H groups in total. The van der Waals surface area contributed by atoms with Gasteiger partial charge in [0, 0.05) is 11.4 Å². The number of benzene rings is 2. The third-order valence-corrected chi connectivity index (χ3v) is 3.40. The fraction of sp³-hybridized carbons (Fsp3) is 0.118. The molecule has 0 spiro atoms. The minimum Gasteiger partial charge on any atom is -0.464 e. The molecule has 3 nitrogen and oxygen atoms in total. The molecule has 0 bridgehead atoms. The van der Waals surface area contributed by atoms with Crippen LogP contribution in [0.2, 0.25) is 0 Å². The van der Waals surface area contributed by atoms with E-state index >= 15 is 0 Å². The van der Waals surface area contributed by atoms with E-state index in [9.17, 15) is 4.79 Å². The van der Waals surface area contributed by atoms with Gasteiger partial charge in [-0.25, -0.2) is 4.79 Å². The highest BCUT2D eigenvalue weighted by molar-refractivity contribution is 5.97. The molecular weight excluding hydrogens is 286 g/mol. The topological polar surface area (TPSA) is 29.5 Å². The van der Waals surface area contributed by atoms with Crippen molar-refractivity contribution >= 4 is 29.8 Å². The normalized spacial score (nSPS) is 12.8. The number of halogens is 1. The van der Waals surface area contributed by atoms with Crippen LogP contribution in [0, 0.1) is 0 Å². The van der Waals surface area contributed by atoms with Crippen LogP contribution >= 0.6 is 12.4 Å². The van der Waals surface area contributed by atoms with Gasteiger partial charge in [-0.05, 0) is 36.3 Å². The Morgan fingerprint density at radius 2 is 1.71 bits per heavy atom. The van der Waals surface area contributed by atoms with Crippen molar-refractivity contribution in [2.45, 2.75) is 6.42 Å². The maximum Gasteiger partial charge on any atom is 0.354 e. The van der Waals surface area contributed by atoms with Crippen molar-refractivity contribution in [3.8, 4) is 0 Å². The molecule has 4 heteroatoms. The second kappa shape index (κ2) is 6.46. The van der Waals surface area contributed by atoms with Gasteiger partial charge in [0.15, 0.2) is 0 Å². The molecule has 1 heterocycles. The lowest BCUT2D eigenvalue weighted by Gasteiger charge is -2.31. The molecular formula is C17H16ClNO2. The molecule has 1 aliphatic heterocycles. The summed E-state index contributed by atoms with van der Waals surface area (Å²) in [5.74, 6) is -0.316. The third-order valence-electron chi connectivity index (χ3n) is 3.40. The lowest BCUT2D eigenvalue weighted by atomic mass is 10.0. The van der Waals surface area contributed by atoms with E-state index in [0.29, 0.717) is 5.70 Å². The molecule has 2 aromatic carbocycles. The van der Waals surface area contributed by atoms with E-state index in [1.807, 2.05) is 59.5 Å². The van der Waals surface area contributed by atoms with Crippen molar-refractivity contribution in [3.63, 3.8) is 0 Å². The number of anilines is 2. The number of methoxy groups -OCH3 is 1. The van der Waals surface area contributed by atoms with Crippen molar-refractivity contribution in [1.29, 1.82) is 0 Å². The number of hydrogen-bond donors (Lipinski definition) is 0. The lowest BCUT2D eigenvalue weighted by Crippen LogP contribution is -2.27. The van der Waals surface area contributed by atoms with E-state index in [4.69, 9.17) is 4.74 Å². The standard InChI is InChI=1S/C17H15NO2.ClH/c1-20-17(19)16-12-11-13-7-5-6-10-15(13)18(16)14-8-3-2-4-9-14;/h2-10,12H,11H2,1H3;1H. The second-order valence-corrected chi connectivity index (χ2v) is 4.58. The van der Waals surface area contributed by atoms with Crippen LogP contribution in [0.15, 0.2) is 66.4 Å². The van der Waals surface area contributed by atoms with Crippen molar-refractivity contribution in [3.05, 3.63) is 71.9 Å². The SMILES string of the molecule is COC(=O)C1=CCc2ccccc2N1c1ccccc1.Cl. The van der Waals surface area contributed by atoms with Gasteiger partial charge in [0.2, 0.25) is 0 Å². The maximum absolute atomic E-state index is 12.0. The first kappa shape index (κ1) is 15.1. The van der Waals surface area contributed by atoms with Gasteiger partial charge in [-0.1, -0.05) is 36.4 Å². The number of carbonyl (C=O) groups is 1. The molecule has 0 aromatic heterocycles. The molecule has 0 saturated heterocycles. The predicted molar refractivity (Wildman–Crippen MR) is 86.1 cm³/mol. The minimum absolute atomic E-state index is 0. The summed E-state index contributed by atoms with van der Waals surface area (Å²) in [5, 5.41) is 0. The average Bonchev–Trinajstić information content (AvgIpc) is 2.53. The number of allylic oxidation sites excluding steroid dienone is 1. The number of carbonyl (C=O) groups excluding carboxylic acids is 1. The molecule has 0 unspecified atom stereocenters. The zero-order chi connectivity index (χ0) is 13.9. The van der Waals surface area contributed by atoms with Gasteiger partial charge >= 0.3 is 5.97 Å². The average molecular weight is 302 g/mol. The molecule has 0 radical (unpaired) electrons. The molecule has 0 atom stereocenters. The molecule has 0 fully saturated rings. The third kappa shape index (κ3) is 2.78. The number of esters is 1. The molecule has 21 heavy (non-hydrogen) atoms. The number of hydrogen-bond acceptors (Lipinski definition) is 3. The van der Waals surface area contributed by atoms with Gasteiger partial charge < -0.3 is 9.64 Å². The number of ether oxygens (including phenoxy) is 1. The van der Waals surface area contributed by atoms with Crippen LogP contribution in [0.5, 0.6) is 0 Å². The molecule has 2 aromatic rings. The van der Waals surface area contributed by atoms with E-state index in [1.165, 1.54) is 12.7 Å². The summed E-state index contributed by atoms with van der Waals surface area (Å²) in [7, 11) is 1.41. The Labute approximate surface area is 130 Å². The van der Waals surface area contributed by atoms with E-state index in [-0.39, 0.29) is 18.4 Å². The van der Waals surface area contributed by atoms with Crippen molar-refractivity contribution in [1.82, 2.24) is 0 Å². The Morgan fingerprint density at radius 3 is 2.43 bits per heavy atom. The highest BCUT2D eigenvalue weighted by Gasteiger charge is 2.26. The van der Waals surface area contributed by atoms with Gasteiger partial charge in [-0.3, -0.25) is 0 Å². The highest BCUT2D eigenvalue weighted by Crippen LogP contribution is 2.36. The van der Waals surface area contributed by atoms with E-state index in [1.54, 1.807) is 0 Å². The summed E-state index contributed by atoms with van der Waals surface area (Å²) < 4.78 is 4.91. The lowest BCUT2D eigenvalue weighted by molar-refractivity contribution is -0.136. The van der Waals surface area contributed by atoms with E-state index in [2.05, 4.69) is 6.07 Å². The molecule has 0 aliphatic carbocycles. The number of rotatable bonds is 2. The van der Waals surface area contributed by atoms with Crippen LogP contribution in [0.3, 0.4) is 0 Å². The van der Waals surface area contributed by atoms with Gasteiger partial charge in [-0.15, -0.1) is 12.4 Å². The number of fused-ring (bicyclic) bond motifs is 1. The van der Waals surface area contributed by atoms with Crippen molar-refractivity contribution in [2.75, 3.05) is 12.0 Å². The molecule has 1 aliphatic rings. The summed E-state index contributed by atoms with van der Waals surface area (Å²) >= 11 is 0. The van der Waals surface area contributed by atoms with E-state index in [0.717, 1.165) is 17.8 Å². The van der Waals surface area contributed by atoms with Crippen LogP contribution in [0.4, 0.5) is 11.4 Å². The monoisotopic (exact) mass is 301 g/mol. The fourth-order valence-electron chi connectivity index (χ4n) is 2.46. The summed E-state index contributed by atoms with van der Waals surface area (Å²) in [4.78, 5) is 14.0. The molecule has 3 rings (SSSR count). The summed E-state index contributed by atoms with van der Waals surface area (Å²) in [6.07, 6.45) is 2.66. The molecule has 0 saturated carbocycles. The Bertz CT molecular complexity index is 668. The fourth-order valence-corrected chi connectivity index (χ4v) is 2.46. The second-order valence-electron chi connectivity index (χ2n) is 4.58. The largest absolute Gasteiger partial charge is 0.464 e. The van der Waals surface area contributed by atoms with Gasteiger partial charge in [-0.2, -0.15) is 0 Å². The Hall–Kier alpha value is -2.26. The Morgan fingerprint density at radius 1 is 1.05 bits per heavy atom. The van der Waals surface area contributed by atoms with Crippen LogP contribution in [-0.4, -0.2) is 13.1 Å². The molecule has 0 amide bonds. The first-order valence-electron chi connectivity index (χ1n) is 6.53. The van der Waals surface area contributed by atoms with Crippen LogP contribution < -0.4 is 4.90 Å². The minimum atomic E-state index is -0.316. The summed E-state index contributed by atoms with van der Waals surface area (Å²) in [6.45, 7) is 0. The number of nitrogens with zero attached hydrogens (tertiary/aromatic N) is 1. The first-order chi connectivity index (χ1) is 9.81. The zero-order valence-corrected chi connectivity index (χ0v) is 12.5. The van der Waals surface area contributed by atoms with Gasteiger partial charge in [0.25, 0.3) is 0 Å². The van der Waals surface area contributed by atoms with Crippen LogP contribution in [0.1, 0.15) is 5.56 Å². The van der Waals surface area contributed by atoms with E-state index < -0.39 is 0 Å².